The van der Waals surface area contributed by atoms with E-state index in [0.29, 0.717) is 17.1 Å². The zero-order valence-corrected chi connectivity index (χ0v) is 13.8. The van der Waals surface area contributed by atoms with Crippen molar-refractivity contribution in [2.45, 2.75) is 18.9 Å². The van der Waals surface area contributed by atoms with Crippen LogP contribution in [0.15, 0.2) is 23.3 Å². The molecular formula is C15H19N5O5. The van der Waals surface area contributed by atoms with Crippen molar-refractivity contribution in [1.82, 2.24) is 21.6 Å². The van der Waals surface area contributed by atoms with Crippen LogP contribution in [0.3, 0.4) is 0 Å². The van der Waals surface area contributed by atoms with Crippen LogP contribution < -0.4 is 31.1 Å². The highest BCUT2D eigenvalue weighted by molar-refractivity contribution is 5.99. The van der Waals surface area contributed by atoms with E-state index in [0.717, 1.165) is 0 Å². The first-order chi connectivity index (χ1) is 12.0. The molecule has 0 bridgehead atoms. The van der Waals surface area contributed by atoms with Gasteiger partial charge in [-0.1, -0.05) is 0 Å². The normalized spacial score (nSPS) is 17.0. The van der Waals surface area contributed by atoms with Gasteiger partial charge < -0.3 is 9.47 Å². The van der Waals surface area contributed by atoms with E-state index < -0.39 is 18.0 Å². The summed E-state index contributed by atoms with van der Waals surface area (Å²) in [6.45, 7) is 0. The number of methoxy groups -OCH3 is 2. The Balaban J connectivity index is 1.84. The first kappa shape index (κ1) is 18.2. The van der Waals surface area contributed by atoms with Crippen LogP contribution in [0.1, 0.15) is 18.4 Å². The van der Waals surface area contributed by atoms with Crippen LogP contribution in [0.4, 0.5) is 4.79 Å². The number of carbonyl (C=O) groups is 3. The number of ether oxygens (including phenoxy) is 2. The molecule has 1 heterocycles. The largest absolute Gasteiger partial charge is 0.497 e. The number of hydrogen-bond donors (Lipinski definition) is 4. The molecule has 1 aliphatic heterocycles. The van der Waals surface area contributed by atoms with Gasteiger partial charge in [-0.05, 0) is 24.6 Å². The van der Waals surface area contributed by atoms with E-state index in [1.165, 1.54) is 13.3 Å². The van der Waals surface area contributed by atoms with Crippen LogP contribution in [0.2, 0.25) is 0 Å². The monoisotopic (exact) mass is 349 g/mol. The summed E-state index contributed by atoms with van der Waals surface area (Å²) in [4.78, 5) is 34.2. The molecule has 2 rings (SSSR count). The van der Waals surface area contributed by atoms with Crippen molar-refractivity contribution in [2.75, 3.05) is 14.2 Å². The van der Waals surface area contributed by atoms with Crippen molar-refractivity contribution in [3.05, 3.63) is 23.8 Å². The predicted molar refractivity (Wildman–Crippen MR) is 88.1 cm³/mol. The van der Waals surface area contributed by atoms with Crippen LogP contribution >= 0.6 is 0 Å². The summed E-state index contributed by atoms with van der Waals surface area (Å²) in [5, 5.41) is 5.97. The molecule has 1 aromatic carbocycles. The first-order valence-electron chi connectivity index (χ1n) is 7.43. The Morgan fingerprint density at radius 1 is 1.32 bits per heavy atom. The van der Waals surface area contributed by atoms with Crippen LogP contribution in [-0.4, -0.2) is 44.3 Å². The van der Waals surface area contributed by atoms with Gasteiger partial charge in [0.05, 0.1) is 20.4 Å². The molecule has 10 heteroatoms. The van der Waals surface area contributed by atoms with Gasteiger partial charge in [-0.2, -0.15) is 5.10 Å². The van der Waals surface area contributed by atoms with E-state index in [9.17, 15) is 14.4 Å². The van der Waals surface area contributed by atoms with Gasteiger partial charge in [-0.25, -0.2) is 15.6 Å². The molecule has 1 aliphatic rings. The van der Waals surface area contributed by atoms with Crippen molar-refractivity contribution >= 4 is 24.1 Å². The number of imide groups is 1. The maximum absolute atomic E-state index is 11.8. The third-order valence-electron chi connectivity index (χ3n) is 3.40. The van der Waals surface area contributed by atoms with E-state index in [2.05, 4.69) is 26.7 Å². The number of benzene rings is 1. The summed E-state index contributed by atoms with van der Waals surface area (Å²) in [6.07, 6.45) is 1.69. The summed E-state index contributed by atoms with van der Waals surface area (Å²) >= 11 is 0. The molecule has 25 heavy (non-hydrogen) atoms. The average Bonchev–Trinajstić information content (AvgIpc) is 2.60. The molecule has 1 atom stereocenters. The van der Waals surface area contributed by atoms with Gasteiger partial charge in [0.1, 0.15) is 17.5 Å². The van der Waals surface area contributed by atoms with Crippen LogP contribution in [0.25, 0.3) is 0 Å². The topological polar surface area (TPSA) is 130 Å². The SMILES string of the molecule is COc1ccc(OC)c(/C=N/NC(=O)CCC2NNC(=O)NC2=O)c1. The highest BCUT2D eigenvalue weighted by atomic mass is 16.5. The second-order valence-corrected chi connectivity index (χ2v) is 5.08. The van der Waals surface area contributed by atoms with E-state index in [-0.39, 0.29) is 18.7 Å². The highest BCUT2D eigenvalue weighted by Crippen LogP contribution is 2.22. The Labute approximate surface area is 143 Å². The lowest BCUT2D eigenvalue weighted by molar-refractivity contribution is -0.124. The molecule has 10 nitrogen and oxygen atoms in total. The maximum Gasteiger partial charge on any atom is 0.335 e. The zero-order valence-electron chi connectivity index (χ0n) is 13.8. The molecule has 0 saturated carbocycles. The molecule has 4 amide bonds. The van der Waals surface area contributed by atoms with Crippen LogP contribution in [0.5, 0.6) is 11.5 Å². The first-order valence-corrected chi connectivity index (χ1v) is 7.43. The molecule has 0 aliphatic carbocycles. The minimum atomic E-state index is -0.675. The molecular weight excluding hydrogens is 330 g/mol. The molecule has 0 radical (unpaired) electrons. The summed E-state index contributed by atoms with van der Waals surface area (Å²) in [7, 11) is 3.07. The number of amides is 4. The number of urea groups is 1. The highest BCUT2D eigenvalue weighted by Gasteiger charge is 2.25. The lowest BCUT2D eigenvalue weighted by Crippen LogP contribution is -2.62. The predicted octanol–water partition coefficient (Wildman–Crippen LogP) is -0.353. The minimum Gasteiger partial charge on any atom is -0.497 e. The number of carbonyl (C=O) groups excluding carboxylic acids is 3. The second kappa shape index (κ2) is 8.64. The smallest absolute Gasteiger partial charge is 0.335 e. The number of hydrogen-bond acceptors (Lipinski definition) is 7. The van der Waals surface area contributed by atoms with Gasteiger partial charge in [-0.15, -0.1) is 0 Å². The summed E-state index contributed by atoms with van der Waals surface area (Å²) in [6, 6.07) is 3.89. The van der Waals surface area contributed by atoms with Crippen molar-refractivity contribution in [3.63, 3.8) is 0 Å². The lowest BCUT2D eigenvalue weighted by Gasteiger charge is -2.22. The van der Waals surface area contributed by atoms with Gasteiger partial charge >= 0.3 is 6.03 Å². The Kier molecular flexibility index (Phi) is 6.29. The Morgan fingerprint density at radius 3 is 2.80 bits per heavy atom. The van der Waals surface area contributed by atoms with Gasteiger partial charge in [-0.3, -0.25) is 20.3 Å². The molecule has 134 valence electrons. The van der Waals surface area contributed by atoms with Gasteiger partial charge in [0.2, 0.25) is 11.8 Å². The molecule has 0 aromatic heterocycles. The summed E-state index contributed by atoms with van der Waals surface area (Å²) < 4.78 is 10.3. The second-order valence-electron chi connectivity index (χ2n) is 5.08. The van der Waals surface area contributed by atoms with Crippen molar-refractivity contribution in [1.29, 1.82) is 0 Å². The van der Waals surface area contributed by atoms with E-state index in [1.54, 1.807) is 25.3 Å². The number of hydrazine groups is 1. The van der Waals surface area contributed by atoms with Crippen LogP contribution in [-0.2, 0) is 9.59 Å². The quantitative estimate of drug-likeness (QED) is 0.393. The number of hydrazone groups is 1. The fourth-order valence-electron chi connectivity index (χ4n) is 2.10. The van der Waals surface area contributed by atoms with Crippen molar-refractivity contribution in [3.8, 4) is 11.5 Å². The third kappa shape index (κ3) is 5.18. The maximum atomic E-state index is 11.8. The Bertz CT molecular complexity index is 691. The summed E-state index contributed by atoms with van der Waals surface area (Å²) in [5.41, 5.74) is 7.80. The number of rotatable bonds is 7. The molecule has 1 aromatic rings. The standard InChI is InChI=1S/C15H19N5O5/c1-24-10-3-5-12(25-2)9(7-10)8-16-19-13(21)6-4-11-14(22)17-15(23)20-18-11/h3,5,7-8,11,18H,4,6H2,1-2H3,(H,19,21)(H2,17,20,22,23)/b16-8+. The van der Waals surface area contributed by atoms with E-state index in [1.807, 2.05) is 0 Å². The van der Waals surface area contributed by atoms with Crippen LogP contribution in [0, 0.1) is 0 Å². The lowest BCUT2D eigenvalue weighted by atomic mass is 10.1. The molecule has 0 spiro atoms. The third-order valence-corrected chi connectivity index (χ3v) is 3.40. The van der Waals surface area contributed by atoms with Crippen molar-refractivity contribution < 1.29 is 23.9 Å². The minimum absolute atomic E-state index is 0.0491. The van der Waals surface area contributed by atoms with Gasteiger partial charge in [0.15, 0.2) is 0 Å². The fourth-order valence-corrected chi connectivity index (χ4v) is 2.10. The number of nitrogens with one attached hydrogen (secondary N) is 4. The average molecular weight is 349 g/mol. The Hall–Kier alpha value is -3.14. The van der Waals surface area contributed by atoms with E-state index in [4.69, 9.17) is 9.47 Å². The summed E-state index contributed by atoms with van der Waals surface area (Å²) in [5.74, 6) is 0.355. The van der Waals surface area contributed by atoms with E-state index >= 15 is 0 Å². The Morgan fingerprint density at radius 2 is 2.12 bits per heavy atom. The van der Waals surface area contributed by atoms with Crippen molar-refractivity contribution in [2.24, 2.45) is 5.10 Å². The fraction of sp³-hybridized carbons (Fsp3) is 0.333. The van der Waals surface area contributed by atoms with Gasteiger partial charge in [0.25, 0.3) is 0 Å². The molecule has 1 saturated heterocycles. The molecule has 4 N–H and O–H groups in total. The molecule has 1 fully saturated rings. The zero-order chi connectivity index (χ0) is 18.2. The number of nitrogens with zero attached hydrogens (tertiary/aromatic N) is 1. The van der Waals surface area contributed by atoms with Gasteiger partial charge in [0, 0.05) is 12.0 Å². The molecule has 1 unspecified atom stereocenters.